The Morgan fingerprint density at radius 2 is 1.64 bits per heavy atom. The zero-order valence-corrected chi connectivity index (χ0v) is 8.80. The molecule has 1 aliphatic heterocycles. The maximum Gasteiger partial charge on any atom is 0.317 e. The molecule has 0 radical (unpaired) electrons. The zero-order valence-electron chi connectivity index (χ0n) is 8.80. The summed E-state index contributed by atoms with van der Waals surface area (Å²) < 4.78 is 0. The van der Waals surface area contributed by atoms with Crippen LogP contribution in [0.25, 0.3) is 0 Å². The molecular formula is C11H20N2O. The standard InChI is InChI=1S/C11H20N2O/c14-11(12-10-6-5-7-10)13-8-3-1-2-4-9-13/h10H,1-9H2,(H,12,14). The SMILES string of the molecule is O=C(NC1CCC1)N1CCCCCC1. The summed E-state index contributed by atoms with van der Waals surface area (Å²) in [5.74, 6) is 0. The van der Waals surface area contributed by atoms with Crippen molar-refractivity contribution < 1.29 is 4.79 Å². The van der Waals surface area contributed by atoms with Crippen LogP contribution in [0.1, 0.15) is 44.9 Å². The molecule has 1 aliphatic carbocycles. The van der Waals surface area contributed by atoms with Gasteiger partial charge in [0, 0.05) is 19.1 Å². The maximum absolute atomic E-state index is 11.8. The minimum Gasteiger partial charge on any atom is -0.335 e. The van der Waals surface area contributed by atoms with E-state index in [4.69, 9.17) is 0 Å². The van der Waals surface area contributed by atoms with Crippen LogP contribution >= 0.6 is 0 Å². The van der Waals surface area contributed by atoms with Crippen molar-refractivity contribution in [2.75, 3.05) is 13.1 Å². The first kappa shape index (κ1) is 9.81. The number of rotatable bonds is 1. The first-order valence-electron chi connectivity index (χ1n) is 5.92. The molecule has 2 aliphatic rings. The summed E-state index contributed by atoms with van der Waals surface area (Å²) in [6.45, 7) is 1.91. The average Bonchev–Trinajstić information content (AvgIpc) is 2.38. The highest BCUT2D eigenvalue weighted by Gasteiger charge is 2.22. The van der Waals surface area contributed by atoms with Gasteiger partial charge >= 0.3 is 6.03 Å². The van der Waals surface area contributed by atoms with Crippen molar-refractivity contribution in [1.82, 2.24) is 10.2 Å². The van der Waals surface area contributed by atoms with Gasteiger partial charge in [-0.05, 0) is 32.1 Å². The van der Waals surface area contributed by atoms with Crippen LogP contribution in [0.5, 0.6) is 0 Å². The lowest BCUT2D eigenvalue weighted by Crippen LogP contribution is -2.47. The molecule has 1 saturated heterocycles. The molecule has 1 saturated carbocycles. The van der Waals surface area contributed by atoms with Gasteiger partial charge in [-0.2, -0.15) is 0 Å². The highest BCUT2D eigenvalue weighted by molar-refractivity contribution is 5.74. The van der Waals surface area contributed by atoms with Gasteiger partial charge in [-0.1, -0.05) is 12.8 Å². The second-order valence-electron chi connectivity index (χ2n) is 4.48. The Kier molecular flexibility index (Phi) is 3.27. The first-order chi connectivity index (χ1) is 6.86. The van der Waals surface area contributed by atoms with Crippen molar-refractivity contribution in [1.29, 1.82) is 0 Å². The van der Waals surface area contributed by atoms with Crippen LogP contribution in [0, 0.1) is 0 Å². The molecular weight excluding hydrogens is 176 g/mol. The Bertz CT molecular complexity index is 193. The minimum absolute atomic E-state index is 0.177. The fourth-order valence-corrected chi connectivity index (χ4v) is 2.09. The Hall–Kier alpha value is -0.730. The van der Waals surface area contributed by atoms with Crippen LogP contribution < -0.4 is 5.32 Å². The highest BCUT2D eigenvalue weighted by atomic mass is 16.2. The van der Waals surface area contributed by atoms with Gasteiger partial charge in [-0.15, -0.1) is 0 Å². The summed E-state index contributed by atoms with van der Waals surface area (Å²) in [6, 6.07) is 0.655. The summed E-state index contributed by atoms with van der Waals surface area (Å²) >= 11 is 0. The quantitative estimate of drug-likeness (QED) is 0.684. The molecule has 1 N–H and O–H groups in total. The molecule has 80 valence electrons. The van der Waals surface area contributed by atoms with E-state index in [1.54, 1.807) is 0 Å². The van der Waals surface area contributed by atoms with Crippen LogP contribution in [0.3, 0.4) is 0 Å². The molecule has 0 atom stereocenters. The van der Waals surface area contributed by atoms with Crippen LogP contribution in [0.2, 0.25) is 0 Å². The van der Waals surface area contributed by atoms with Gasteiger partial charge in [0.1, 0.15) is 0 Å². The molecule has 0 aromatic heterocycles. The molecule has 2 fully saturated rings. The van der Waals surface area contributed by atoms with E-state index < -0.39 is 0 Å². The number of nitrogens with one attached hydrogen (secondary N) is 1. The Balaban J connectivity index is 1.76. The zero-order chi connectivity index (χ0) is 9.80. The van der Waals surface area contributed by atoms with Crippen molar-refractivity contribution in [3.05, 3.63) is 0 Å². The van der Waals surface area contributed by atoms with E-state index in [0.717, 1.165) is 13.1 Å². The Morgan fingerprint density at radius 3 is 2.14 bits per heavy atom. The van der Waals surface area contributed by atoms with Crippen LogP contribution in [-0.2, 0) is 0 Å². The lowest BCUT2D eigenvalue weighted by molar-refractivity contribution is 0.188. The molecule has 0 bridgehead atoms. The smallest absolute Gasteiger partial charge is 0.317 e. The van der Waals surface area contributed by atoms with Crippen LogP contribution in [0.15, 0.2) is 0 Å². The first-order valence-corrected chi connectivity index (χ1v) is 5.92. The molecule has 14 heavy (non-hydrogen) atoms. The molecule has 2 rings (SSSR count). The predicted octanol–water partition coefficient (Wildman–Crippen LogP) is 2.12. The van der Waals surface area contributed by atoms with E-state index in [1.165, 1.54) is 44.9 Å². The number of hydrogen-bond acceptors (Lipinski definition) is 1. The Morgan fingerprint density at radius 1 is 1.00 bits per heavy atom. The normalized spacial score (nSPS) is 23.9. The van der Waals surface area contributed by atoms with E-state index in [-0.39, 0.29) is 6.03 Å². The van der Waals surface area contributed by atoms with E-state index in [9.17, 15) is 4.79 Å². The molecule has 3 nitrogen and oxygen atoms in total. The van der Waals surface area contributed by atoms with Gasteiger partial charge in [0.15, 0.2) is 0 Å². The molecule has 0 aromatic rings. The molecule has 0 spiro atoms. The van der Waals surface area contributed by atoms with Gasteiger partial charge in [0.2, 0.25) is 0 Å². The third-order valence-electron chi connectivity index (χ3n) is 3.33. The van der Waals surface area contributed by atoms with E-state index in [0.29, 0.717) is 6.04 Å². The fourth-order valence-electron chi connectivity index (χ4n) is 2.09. The summed E-state index contributed by atoms with van der Waals surface area (Å²) in [5.41, 5.74) is 0. The number of urea groups is 1. The van der Waals surface area contributed by atoms with Crippen molar-refractivity contribution in [3.8, 4) is 0 Å². The second kappa shape index (κ2) is 4.67. The number of hydrogen-bond donors (Lipinski definition) is 1. The third kappa shape index (κ3) is 2.40. The molecule has 2 amide bonds. The molecule has 3 heteroatoms. The van der Waals surface area contributed by atoms with E-state index in [2.05, 4.69) is 5.32 Å². The maximum atomic E-state index is 11.8. The molecule has 0 unspecified atom stereocenters. The average molecular weight is 196 g/mol. The highest BCUT2D eigenvalue weighted by Crippen LogP contribution is 2.18. The lowest BCUT2D eigenvalue weighted by atomic mass is 9.93. The summed E-state index contributed by atoms with van der Waals surface area (Å²) in [5, 5.41) is 3.10. The van der Waals surface area contributed by atoms with Crippen LogP contribution in [-0.4, -0.2) is 30.1 Å². The number of amides is 2. The summed E-state index contributed by atoms with van der Waals surface area (Å²) in [6.07, 6.45) is 8.57. The van der Waals surface area contributed by atoms with Crippen molar-refractivity contribution in [2.24, 2.45) is 0 Å². The van der Waals surface area contributed by atoms with Gasteiger partial charge in [0.05, 0.1) is 0 Å². The largest absolute Gasteiger partial charge is 0.335 e. The number of carbonyl (C=O) groups excluding carboxylic acids is 1. The van der Waals surface area contributed by atoms with Crippen LogP contribution in [0.4, 0.5) is 4.79 Å². The van der Waals surface area contributed by atoms with Gasteiger partial charge in [-0.3, -0.25) is 0 Å². The fraction of sp³-hybridized carbons (Fsp3) is 0.909. The van der Waals surface area contributed by atoms with E-state index in [1.807, 2.05) is 4.90 Å². The van der Waals surface area contributed by atoms with Gasteiger partial charge in [-0.25, -0.2) is 4.79 Å². The predicted molar refractivity (Wildman–Crippen MR) is 56.2 cm³/mol. The topological polar surface area (TPSA) is 32.3 Å². The van der Waals surface area contributed by atoms with Gasteiger partial charge in [0.25, 0.3) is 0 Å². The molecule has 1 heterocycles. The second-order valence-corrected chi connectivity index (χ2v) is 4.48. The monoisotopic (exact) mass is 196 g/mol. The van der Waals surface area contributed by atoms with Crippen molar-refractivity contribution >= 4 is 6.03 Å². The lowest BCUT2D eigenvalue weighted by Gasteiger charge is -2.30. The van der Waals surface area contributed by atoms with Crippen molar-refractivity contribution in [2.45, 2.75) is 51.0 Å². The number of likely N-dealkylation sites (tertiary alicyclic amines) is 1. The summed E-state index contributed by atoms with van der Waals surface area (Å²) in [4.78, 5) is 13.8. The van der Waals surface area contributed by atoms with E-state index >= 15 is 0 Å². The number of nitrogens with zero attached hydrogens (tertiary/aromatic N) is 1. The third-order valence-corrected chi connectivity index (χ3v) is 3.33. The van der Waals surface area contributed by atoms with Crippen molar-refractivity contribution in [3.63, 3.8) is 0 Å². The minimum atomic E-state index is 0.177. The van der Waals surface area contributed by atoms with Gasteiger partial charge < -0.3 is 10.2 Å². The summed E-state index contributed by atoms with van der Waals surface area (Å²) in [7, 11) is 0. The molecule has 0 aromatic carbocycles. The number of carbonyl (C=O) groups is 1. The Labute approximate surface area is 85.8 Å².